The Labute approximate surface area is 129 Å². The van der Waals surface area contributed by atoms with Gasteiger partial charge in [-0.1, -0.05) is 12.1 Å². The number of hydrogen-bond donors (Lipinski definition) is 0. The van der Waals surface area contributed by atoms with Gasteiger partial charge in [-0.15, -0.1) is 0 Å². The Morgan fingerprint density at radius 3 is 2.00 bits per heavy atom. The normalized spacial score (nSPS) is 25.6. The molecule has 0 aromatic heterocycles. The maximum atomic E-state index is 13.3. The smallest absolute Gasteiger partial charge is 0.297 e. The van der Waals surface area contributed by atoms with Gasteiger partial charge < -0.3 is 0 Å². The molecule has 2 aliphatic rings. The molecule has 0 aliphatic carbocycles. The molecule has 0 saturated carbocycles. The number of likely N-dealkylation sites (N-methyl/N-ethyl adjacent to an activating group) is 1. The third-order valence-corrected chi connectivity index (χ3v) is 4.74. The molecule has 0 spiro atoms. The molecular weight excluding hydrogens is 320 g/mol. The first kappa shape index (κ1) is 16.4. The fourth-order valence-corrected chi connectivity index (χ4v) is 3.60. The zero-order valence-corrected chi connectivity index (χ0v) is 12.3. The Kier molecular flexibility index (Phi) is 3.74. The highest BCUT2D eigenvalue weighted by molar-refractivity contribution is 5.74. The topological polar surface area (TPSA) is 3.24 Å². The lowest BCUT2D eigenvalue weighted by Crippen LogP contribution is -2.35. The largest absolute Gasteiger partial charge is 0.417 e. The van der Waals surface area contributed by atoms with E-state index in [2.05, 4.69) is 0 Å². The molecule has 23 heavy (non-hydrogen) atoms. The third kappa shape index (κ3) is 2.86. The molecule has 0 amide bonds. The van der Waals surface area contributed by atoms with E-state index in [0.29, 0.717) is 0 Å². The van der Waals surface area contributed by atoms with Crippen LogP contribution in [0.5, 0.6) is 0 Å². The fourth-order valence-electron chi connectivity index (χ4n) is 3.60. The number of rotatable bonds is 1. The van der Waals surface area contributed by atoms with E-state index in [9.17, 15) is 26.3 Å². The van der Waals surface area contributed by atoms with Crippen molar-refractivity contribution >= 4 is 5.57 Å². The lowest BCUT2D eigenvalue weighted by Gasteiger charge is -2.32. The van der Waals surface area contributed by atoms with Gasteiger partial charge in [0, 0.05) is 17.6 Å². The predicted octanol–water partition coefficient (Wildman–Crippen LogP) is 4.97. The van der Waals surface area contributed by atoms with E-state index < -0.39 is 29.0 Å². The first-order valence-corrected chi connectivity index (χ1v) is 7.29. The van der Waals surface area contributed by atoms with Crippen molar-refractivity contribution < 1.29 is 26.3 Å². The number of halogens is 6. The highest BCUT2D eigenvalue weighted by atomic mass is 19.4. The lowest BCUT2D eigenvalue weighted by atomic mass is 9.87. The molecule has 1 aromatic rings. The summed E-state index contributed by atoms with van der Waals surface area (Å²) < 4.78 is 79.5. The first-order valence-electron chi connectivity index (χ1n) is 7.29. The SMILES string of the molecule is CN1C2C=C(c3c(C(F)(F)F)cccc3C(F)(F)F)CC1CC2. The van der Waals surface area contributed by atoms with Crippen LogP contribution in [0.1, 0.15) is 36.0 Å². The van der Waals surface area contributed by atoms with Crippen LogP contribution in [0, 0.1) is 0 Å². The van der Waals surface area contributed by atoms with Gasteiger partial charge in [-0.3, -0.25) is 4.90 Å². The highest BCUT2D eigenvalue weighted by Crippen LogP contribution is 2.46. The van der Waals surface area contributed by atoms with E-state index in [4.69, 9.17) is 0 Å². The van der Waals surface area contributed by atoms with Crippen LogP contribution in [0.3, 0.4) is 0 Å². The van der Waals surface area contributed by atoms with Crippen LogP contribution in [0.15, 0.2) is 24.3 Å². The summed E-state index contributed by atoms with van der Waals surface area (Å²) in [5.41, 5.74) is -2.95. The van der Waals surface area contributed by atoms with E-state index in [1.165, 1.54) is 0 Å². The number of benzene rings is 1. The summed E-state index contributed by atoms with van der Waals surface area (Å²) in [5, 5.41) is 0. The molecule has 2 heterocycles. The summed E-state index contributed by atoms with van der Waals surface area (Å²) >= 11 is 0. The van der Waals surface area contributed by atoms with Gasteiger partial charge in [0.05, 0.1) is 11.1 Å². The van der Waals surface area contributed by atoms with Crippen LogP contribution in [0.4, 0.5) is 26.3 Å². The maximum Gasteiger partial charge on any atom is 0.417 e. The highest BCUT2D eigenvalue weighted by Gasteiger charge is 2.43. The van der Waals surface area contributed by atoms with Crippen molar-refractivity contribution in [2.75, 3.05) is 7.05 Å². The maximum absolute atomic E-state index is 13.3. The lowest BCUT2D eigenvalue weighted by molar-refractivity contribution is -0.143. The zero-order chi connectivity index (χ0) is 17.0. The molecule has 3 rings (SSSR count). The average Bonchev–Trinajstić information content (AvgIpc) is 2.67. The molecule has 1 fully saturated rings. The summed E-state index contributed by atoms with van der Waals surface area (Å²) in [6.45, 7) is 0. The average molecular weight is 335 g/mol. The van der Waals surface area contributed by atoms with Crippen molar-refractivity contribution in [3.8, 4) is 0 Å². The predicted molar refractivity (Wildman–Crippen MR) is 73.6 cm³/mol. The third-order valence-electron chi connectivity index (χ3n) is 4.74. The van der Waals surface area contributed by atoms with Crippen LogP contribution in [-0.4, -0.2) is 24.0 Å². The first-order chi connectivity index (χ1) is 10.6. The van der Waals surface area contributed by atoms with Crippen LogP contribution < -0.4 is 0 Å². The van der Waals surface area contributed by atoms with Gasteiger partial charge in [0.2, 0.25) is 0 Å². The molecule has 0 radical (unpaired) electrons. The minimum absolute atomic E-state index is 0.00220. The van der Waals surface area contributed by atoms with Gasteiger partial charge in [-0.25, -0.2) is 0 Å². The molecule has 0 N–H and O–H groups in total. The molecular formula is C16H15F6N. The second kappa shape index (κ2) is 5.26. The molecule has 1 aromatic carbocycles. The Balaban J connectivity index is 2.19. The summed E-state index contributed by atoms with van der Waals surface area (Å²) in [5.74, 6) is 0. The number of hydrogen-bond acceptors (Lipinski definition) is 1. The second-order valence-corrected chi connectivity index (χ2v) is 6.08. The quantitative estimate of drug-likeness (QED) is 0.655. The van der Waals surface area contributed by atoms with Gasteiger partial charge in [-0.2, -0.15) is 26.3 Å². The minimum Gasteiger partial charge on any atom is -0.297 e. The summed E-state index contributed by atoms with van der Waals surface area (Å²) in [7, 11) is 1.86. The van der Waals surface area contributed by atoms with Crippen molar-refractivity contribution in [3.05, 3.63) is 41.0 Å². The van der Waals surface area contributed by atoms with E-state index in [1.54, 1.807) is 6.08 Å². The number of alkyl halides is 6. The molecule has 2 bridgehead atoms. The fraction of sp³-hybridized carbons (Fsp3) is 0.500. The van der Waals surface area contributed by atoms with Crippen molar-refractivity contribution in [1.82, 2.24) is 4.90 Å². The van der Waals surface area contributed by atoms with Crippen molar-refractivity contribution in [3.63, 3.8) is 0 Å². The molecule has 1 nitrogen and oxygen atoms in total. The number of nitrogens with zero attached hydrogens (tertiary/aromatic N) is 1. The Bertz CT molecular complexity index is 611. The Morgan fingerprint density at radius 1 is 0.957 bits per heavy atom. The standard InChI is InChI=1S/C16H15F6N/c1-23-10-5-6-11(23)8-9(7-10)14-12(15(17,18)19)3-2-4-13(14)16(20,21)22/h2-4,7,10-11H,5-6,8H2,1H3. The van der Waals surface area contributed by atoms with Crippen LogP contribution in [0.2, 0.25) is 0 Å². The van der Waals surface area contributed by atoms with Gasteiger partial charge in [0.1, 0.15) is 0 Å². The molecule has 7 heteroatoms. The molecule has 126 valence electrons. The summed E-state index contributed by atoms with van der Waals surface area (Å²) in [6, 6.07) is 2.18. The number of fused-ring (bicyclic) bond motifs is 2. The Hall–Kier alpha value is -1.50. The summed E-state index contributed by atoms with van der Waals surface area (Å²) in [6.07, 6.45) is -6.30. The van der Waals surface area contributed by atoms with Gasteiger partial charge in [-0.05, 0) is 44.0 Å². The van der Waals surface area contributed by atoms with Crippen molar-refractivity contribution in [1.29, 1.82) is 0 Å². The van der Waals surface area contributed by atoms with Crippen LogP contribution in [-0.2, 0) is 12.4 Å². The Morgan fingerprint density at radius 2 is 1.52 bits per heavy atom. The molecule has 2 atom stereocenters. The second-order valence-electron chi connectivity index (χ2n) is 6.08. The van der Waals surface area contributed by atoms with E-state index in [0.717, 1.165) is 31.0 Å². The monoisotopic (exact) mass is 335 g/mol. The van der Waals surface area contributed by atoms with E-state index >= 15 is 0 Å². The summed E-state index contributed by atoms with van der Waals surface area (Å²) in [4.78, 5) is 2.02. The van der Waals surface area contributed by atoms with Crippen LogP contribution in [0.25, 0.3) is 5.57 Å². The zero-order valence-electron chi connectivity index (χ0n) is 12.3. The van der Waals surface area contributed by atoms with Crippen molar-refractivity contribution in [2.45, 2.75) is 43.7 Å². The van der Waals surface area contributed by atoms with Crippen LogP contribution >= 0.6 is 0 Å². The van der Waals surface area contributed by atoms with E-state index in [1.807, 2.05) is 11.9 Å². The van der Waals surface area contributed by atoms with Gasteiger partial charge >= 0.3 is 12.4 Å². The molecule has 2 aliphatic heterocycles. The van der Waals surface area contributed by atoms with Gasteiger partial charge in [0.25, 0.3) is 0 Å². The molecule has 1 saturated heterocycles. The van der Waals surface area contributed by atoms with Gasteiger partial charge in [0.15, 0.2) is 0 Å². The van der Waals surface area contributed by atoms with E-state index in [-0.39, 0.29) is 24.1 Å². The molecule has 2 unspecified atom stereocenters. The minimum atomic E-state index is -4.82. The van der Waals surface area contributed by atoms with Crippen molar-refractivity contribution in [2.24, 2.45) is 0 Å².